The van der Waals surface area contributed by atoms with E-state index < -0.39 is 0 Å². The van der Waals surface area contributed by atoms with Gasteiger partial charge in [-0.15, -0.1) is 0 Å². The van der Waals surface area contributed by atoms with Gasteiger partial charge in [0, 0.05) is 11.0 Å². The third-order valence-corrected chi connectivity index (χ3v) is 9.93. The predicted molar refractivity (Wildman–Crippen MR) is 192 cm³/mol. The highest BCUT2D eigenvalue weighted by molar-refractivity contribution is 6.93. The van der Waals surface area contributed by atoms with Crippen LogP contribution in [0.4, 0.5) is 0 Å². The zero-order chi connectivity index (χ0) is 30.9. The van der Waals surface area contributed by atoms with Crippen LogP contribution in [-0.2, 0) is 6.42 Å². The van der Waals surface area contributed by atoms with Crippen LogP contribution in [0.3, 0.4) is 0 Å². The summed E-state index contributed by atoms with van der Waals surface area (Å²) in [6, 6.07) is 45.1. The summed E-state index contributed by atoms with van der Waals surface area (Å²) in [4.78, 5) is 0. The zero-order valence-corrected chi connectivity index (χ0v) is 25.6. The van der Waals surface area contributed by atoms with Gasteiger partial charge in [-0.2, -0.15) is 0 Å². The largest absolute Gasteiger partial charge is 0.457 e. The highest BCUT2D eigenvalue weighted by atomic mass is 16.5. The summed E-state index contributed by atoms with van der Waals surface area (Å²) in [5, 5.41) is 2.51. The van der Waals surface area contributed by atoms with Gasteiger partial charge >= 0.3 is 0 Å². The van der Waals surface area contributed by atoms with Gasteiger partial charge in [0.15, 0.2) is 5.76 Å². The topological polar surface area (TPSA) is 18.5 Å². The van der Waals surface area contributed by atoms with Crippen LogP contribution < -0.4 is 20.4 Å². The van der Waals surface area contributed by atoms with E-state index >= 15 is 0 Å². The Morgan fingerprint density at radius 1 is 0.574 bits per heavy atom. The number of para-hydroxylation sites is 2. The van der Waals surface area contributed by atoms with Crippen molar-refractivity contribution >= 4 is 40.1 Å². The Balaban J connectivity index is 1.25. The molecular formula is C44H27BO2. The molecule has 4 aliphatic rings. The molecule has 0 fully saturated rings. The maximum absolute atomic E-state index is 6.85. The van der Waals surface area contributed by atoms with Crippen LogP contribution in [0.25, 0.3) is 44.7 Å². The highest BCUT2D eigenvalue weighted by Crippen LogP contribution is 2.48. The minimum Gasteiger partial charge on any atom is -0.457 e. The first kappa shape index (κ1) is 26.3. The molecule has 6 aromatic carbocycles. The number of allylic oxidation sites excluding steroid dienone is 3. The molecule has 0 saturated heterocycles. The van der Waals surface area contributed by atoms with Crippen LogP contribution in [0, 0.1) is 0 Å². The Morgan fingerprint density at radius 3 is 2.00 bits per heavy atom. The van der Waals surface area contributed by atoms with Crippen molar-refractivity contribution in [2.45, 2.75) is 12.8 Å². The quantitative estimate of drug-likeness (QED) is 0.150. The number of hydrogen-bond donors (Lipinski definition) is 0. The van der Waals surface area contributed by atoms with Crippen molar-refractivity contribution in [3.63, 3.8) is 0 Å². The van der Waals surface area contributed by atoms with Crippen molar-refractivity contribution in [1.82, 2.24) is 0 Å². The second kappa shape index (κ2) is 10.3. The van der Waals surface area contributed by atoms with Gasteiger partial charge in [-0.05, 0) is 85.8 Å². The third-order valence-electron chi connectivity index (χ3n) is 9.93. The summed E-state index contributed by atoms with van der Waals surface area (Å²) >= 11 is 0. The molecule has 0 radical (unpaired) electrons. The average Bonchev–Trinajstić information content (AvgIpc) is 3.14. The summed E-state index contributed by atoms with van der Waals surface area (Å²) in [5.41, 5.74) is 19.9. The van der Waals surface area contributed by atoms with E-state index in [0.29, 0.717) is 5.76 Å². The van der Waals surface area contributed by atoms with Gasteiger partial charge in [0.2, 0.25) is 0 Å². The van der Waals surface area contributed by atoms with Crippen LogP contribution in [0.1, 0.15) is 23.1 Å². The Hall–Kier alpha value is -5.98. The monoisotopic (exact) mass is 598 g/mol. The second-order valence-corrected chi connectivity index (χ2v) is 12.5. The lowest BCUT2D eigenvalue weighted by molar-refractivity contribution is 0.412. The molecular weight excluding hydrogens is 571 g/mol. The SMILES string of the molecule is C1=C=C(c2ccccc2-c2c3c(c(-c4ccccc4)c4ccccc24)C=CCC3)C2=C3B(c4ccccc4OC=13)c1ccccc1O2. The standard InChI is InChI=1S/C44H27BO2/c1-2-14-28(15-3-1)41-31-18-6-8-20-33(31)42(34-21-9-7-19-32(34)41)30-17-5-4-16-29(30)35-26-27-40-43-44(35)47-39-25-13-11-23-37(39)45(43)36-22-10-12-24-38(36)46-40/h1-8,10-20,22-25H,9,21H2. The van der Waals surface area contributed by atoms with E-state index in [0.717, 1.165) is 57.6 Å². The van der Waals surface area contributed by atoms with E-state index in [2.05, 4.69) is 133 Å². The van der Waals surface area contributed by atoms with Crippen LogP contribution in [0.2, 0.25) is 0 Å². The predicted octanol–water partition coefficient (Wildman–Crippen LogP) is 9.06. The maximum Gasteiger partial charge on any atom is 0.261 e. The maximum atomic E-state index is 6.85. The van der Waals surface area contributed by atoms with E-state index in [-0.39, 0.29) is 6.71 Å². The molecule has 0 spiro atoms. The van der Waals surface area contributed by atoms with Gasteiger partial charge in [0.25, 0.3) is 6.71 Å². The molecule has 0 unspecified atom stereocenters. The molecule has 47 heavy (non-hydrogen) atoms. The molecule has 0 bridgehead atoms. The van der Waals surface area contributed by atoms with Gasteiger partial charge in [0.05, 0.1) is 5.57 Å². The van der Waals surface area contributed by atoms with Crippen LogP contribution in [-0.4, -0.2) is 6.71 Å². The van der Waals surface area contributed by atoms with Crippen LogP contribution in [0.5, 0.6) is 11.5 Å². The minimum atomic E-state index is -0.0180. The van der Waals surface area contributed by atoms with Crippen molar-refractivity contribution in [2.24, 2.45) is 0 Å². The molecule has 218 valence electrons. The van der Waals surface area contributed by atoms with E-state index in [1.807, 2.05) is 18.2 Å². The van der Waals surface area contributed by atoms with E-state index in [9.17, 15) is 0 Å². The lowest BCUT2D eigenvalue weighted by atomic mass is 9.33. The van der Waals surface area contributed by atoms with Crippen molar-refractivity contribution in [1.29, 1.82) is 0 Å². The van der Waals surface area contributed by atoms with Crippen LogP contribution >= 0.6 is 0 Å². The van der Waals surface area contributed by atoms with E-state index in [4.69, 9.17) is 9.47 Å². The molecule has 10 rings (SSSR count). The number of benzene rings is 6. The van der Waals surface area contributed by atoms with Gasteiger partial charge in [-0.1, -0.05) is 133 Å². The van der Waals surface area contributed by atoms with Gasteiger partial charge in [0.1, 0.15) is 17.3 Å². The summed E-state index contributed by atoms with van der Waals surface area (Å²) in [5.74, 6) is 3.20. The Kier molecular flexibility index (Phi) is 5.74. The summed E-state index contributed by atoms with van der Waals surface area (Å²) < 4.78 is 13.3. The molecule has 6 aromatic rings. The van der Waals surface area contributed by atoms with E-state index in [1.165, 1.54) is 44.2 Å². The summed E-state index contributed by atoms with van der Waals surface area (Å²) in [7, 11) is 0. The fourth-order valence-corrected chi connectivity index (χ4v) is 7.97. The highest BCUT2D eigenvalue weighted by Gasteiger charge is 2.44. The first-order valence-corrected chi connectivity index (χ1v) is 16.3. The minimum absolute atomic E-state index is 0.0180. The molecule has 0 amide bonds. The molecule has 0 aromatic heterocycles. The first-order valence-electron chi connectivity index (χ1n) is 16.3. The average molecular weight is 599 g/mol. The Bertz CT molecular complexity index is 2490. The molecule has 0 N–H and O–H groups in total. The smallest absolute Gasteiger partial charge is 0.261 e. The third kappa shape index (κ3) is 3.89. The fourth-order valence-electron chi connectivity index (χ4n) is 7.97. The lowest BCUT2D eigenvalue weighted by Crippen LogP contribution is -2.52. The summed E-state index contributed by atoms with van der Waals surface area (Å²) in [6.07, 6.45) is 6.64. The number of hydrogen-bond acceptors (Lipinski definition) is 2. The number of fused-ring (bicyclic) bond motifs is 6. The first-order chi connectivity index (χ1) is 23.3. The van der Waals surface area contributed by atoms with Crippen molar-refractivity contribution in [3.8, 4) is 33.8 Å². The normalized spacial score (nSPS) is 15.1. The van der Waals surface area contributed by atoms with Gasteiger partial charge < -0.3 is 9.47 Å². The Morgan fingerprint density at radius 2 is 1.21 bits per heavy atom. The van der Waals surface area contributed by atoms with Gasteiger partial charge in [-0.3, -0.25) is 0 Å². The lowest BCUT2D eigenvalue weighted by Gasteiger charge is -2.35. The van der Waals surface area contributed by atoms with E-state index in [1.54, 1.807) is 0 Å². The fraction of sp³-hybridized carbons (Fsp3) is 0.0455. The molecule has 2 heterocycles. The molecule has 2 nitrogen and oxygen atoms in total. The van der Waals surface area contributed by atoms with Crippen molar-refractivity contribution in [3.05, 3.63) is 179 Å². The number of rotatable bonds is 3. The molecule has 0 atom stereocenters. The second-order valence-electron chi connectivity index (χ2n) is 12.5. The Labute approximate surface area is 274 Å². The number of ether oxygens (including phenoxy) is 2. The van der Waals surface area contributed by atoms with Crippen molar-refractivity contribution in [2.75, 3.05) is 0 Å². The molecule has 2 aliphatic carbocycles. The van der Waals surface area contributed by atoms with Crippen LogP contribution in [0.15, 0.2) is 162 Å². The molecule has 2 aliphatic heterocycles. The molecule has 0 saturated carbocycles. The van der Waals surface area contributed by atoms with Crippen molar-refractivity contribution < 1.29 is 9.47 Å². The molecule has 3 heteroatoms. The summed E-state index contributed by atoms with van der Waals surface area (Å²) in [6.45, 7) is -0.0180. The zero-order valence-electron chi connectivity index (χ0n) is 25.6. The van der Waals surface area contributed by atoms with Gasteiger partial charge in [-0.25, -0.2) is 0 Å².